The lowest BCUT2D eigenvalue weighted by Crippen LogP contribution is -2.18. The van der Waals surface area contributed by atoms with E-state index in [1.165, 1.54) is 67.7 Å². The normalized spacial score (nSPS) is 11.6. The molecule has 15 nitrogen and oxygen atoms in total. The van der Waals surface area contributed by atoms with E-state index in [4.69, 9.17) is 26.2 Å². The second-order valence-corrected chi connectivity index (χ2v) is 16.0. The molecule has 2 atom stereocenters. The van der Waals surface area contributed by atoms with E-state index >= 15 is 0 Å². The van der Waals surface area contributed by atoms with E-state index in [2.05, 4.69) is 20.6 Å². The monoisotopic (exact) mass is 808 g/mol. The lowest BCUT2D eigenvalue weighted by atomic mass is 10.2. The van der Waals surface area contributed by atoms with Gasteiger partial charge in [0.25, 0.3) is 0 Å². The topological polar surface area (TPSA) is 209 Å². The first kappa shape index (κ1) is 42.1. The fourth-order valence-corrected chi connectivity index (χ4v) is 7.45. The summed E-state index contributed by atoms with van der Waals surface area (Å²) in [6.07, 6.45) is 1.79. The minimum absolute atomic E-state index is 0.0118. The summed E-state index contributed by atoms with van der Waals surface area (Å²) in [5, 5.41) is 35.4. The molecule has 2 aromatic carbocycles. The SMILES string of the molecule is C[C@H](COC(=O)Nc1ccc(CCl)cc1)SSc1ccc([N+](=O)[O-])nc1.C[C@H](COC(=O)Nc1ccc(CO)cc1)SSc1ccc([N+](=O)[O-])nc1. The van der Waals surface area contributed by atoms with Gasteiger partial charge in [-0.25, -0.2) is 9.59 Å². The molecule has 0 spiro atoms. The van der Waals surface area contributed by atoms with Crippen LogP contribution in [0.15, 0.2) is 95.0 Å². The van der Waals surface area contributed by atoms with Crippen molar-refractivity contribution >= 4 is 90.0 Å². The lowest BCUT2D eigenvalue weighted by Gasteiger charge is -2.11. The van der Waals surface area contributed by atoms with Crippen molar-refractivity contribution in [2.45, 2.75) is 46.6 Å². The smallest absolute Gasteiger partial charge is 0.411 e. The number of aromatic nitrogens is 2. The molecule has 0 bridgehead atoms. The number of carbonyl (C=O) groups excluding carboxylic acids is 2. The van der Waals surface area contributed by atoms with Crippen LogP contribution >= 0.6 is 54.8 Å². The van der Waals surface area contributed by atoms with Gasteiger partial charge in [0, 0.05) is 39.9 Å². The highest BCUT2D eigenvalue weighted by molar-refractivity contribution is 8.77. The fourth-order valence-electron chi connectivity index (χ4n) is 3.46. The Balaban J connectivity index is 0.000000280. The summed E-state index contributed by atoms with van der Waals surface area (Å²) < 4.78 is 10.4. The number of pyridine rings is 2. The number of nitro groups is 2. The largest absolute Gasteiger partial charge is 0.448 e. The second kappa shape index (κ2) is 22.6. The molecule has 0 aliphatic heterocycles. The van der Waals surface area contributed by atoms with Crippen molar-refractivity contribution in [3.8, 4) is 0 Å². The van der Waals surface area contributed by atoms with E-state index in [-0.39, 0.29) is 42.0 Å². The minimum atomic E-state index is -0.559. The van der Waals surface area contributed by atoms with Crippen molar-refractivity contribution in [3.63, 3.8) is 0 Å². The van der Waals surface area contributed by atoms with Crippen LogP contribution in [0.1, 0.15) is 25.0 Å². The number of aliphatic hydroxyl groups excluding tert-OH is 1. The Kier molecular flexibility index (Phi) is 18.3. The first-order chi connectivity index (χ1) is 24.9. The van der Waals surface area contributed by atoms with Crippen LogP contribution in [0.3, 0.4) is 0 Å². The van der Waals surface area contributed by atoms with Gasteiger partial charge in [0.15, 0.2) is 12.4 Å². The fraction of sp³-hybridized carbons (Fsp3) is 0.250. The Hall–Kier alpha value is -4.27. The Morgan fingerprint density at radius 1 is 0.731 bits per heavy atom. The molecule has 4 aromatic rings. The van der Waals surface area contributed by atoms with E-state index in [1.807, 2.05) is 26.0 Å². The molecule has 2 aromatic heterocycles. The number of amides is 2. The van der Waals surface area contributed by atoms with Gasteiger partial charge in [-0.15, -0.1) is 11.6 Å². The van der Waals surface area contributed by atoms with Crippen LogP contribution in [-0.4, -0.2) is 60.8 Å². The van der Waals surface area contributed by atoms with Gasteiger partial charge in [0.05, 0.1) is 16.4 Å². The van der Waals surface area contributed by atoms with Crippen molar-refractivity contribution < 1.29 is 34.0 Å². The molecule has 0 aliphatic rings. The van der Waals surface area contributed by atoms with E-state index in [9.17, 15) is 29.8 Å². The van der Waals surface area contributed by atoms with Gasteiger partial charge in [0.2, 0.25) is 0 Å². The van der Waals surface area contributed by atoms with Gasteiger partial charge >= 0.3 is 23.8 Å². The summed E-state index contributed by atoms with van der Waals surface area (Å²) in [6.45, 7) is 4.20. The van der Waals surface area contributed by atoms with Crippen LogP contribution in [0.2, 0.25) is 0 Å². The molecule has 276 valence electrons. The van der Waals surface area contributed by atoms with Gasteiger partial charge in [-0.2, -0.15) is 0 Å². The highest BCUT2D eigenvalue weighted by Crippen LogP contribution is 2.35. The first-order valence-corrected chi connectivity index (χ1v) is 20.0. The third-order valence-electron chi connectivity index (χ3n) is 6.07. The van der Waals surface area contributed by atoms with Crippen LogP contribution in [0, 0.1) is 20.2 Å². The number of hydrogen-bond donors (Lipinski definition) is 3. The highest BCUT2D eigenvalue weighted by atomic mass is 35.5. The molecule has 4 rings (SSSR count). The number of rotatable bonds is 16. The molecule has 2 heterocycles. The number of aliphatic hydroxyl groups is 1. The van der Waals surface area contributed by atoms with Gasteiger partial charge in [-0.1, -0.05) is 67.4 Å². The molecule has 0 aliphatic carbocycles. The number of anilines is 2. The summed E-state index contributed by atoms with van der Waals surface area (Å²) in [6, 6.07) is 19.9. The Bertz CT molecular complexity index is 1610. The maximum Gasteiger partial charge on any atom is 0.411 e. The Morgan fingerprint density at radius 2 is 1.13 bits per heavy atom. The second-order valence-electron chi connectivity index (χ2n) is 10.3. The summed E-state index contributed by atoms with van der Waals surface area (Å²) in [7, 11) is 5.78. The summed E-state index contributed by atoms with van der Waals surface area (Å²) in [5.41, 5.74) is 2.94. The van der Waals surface area contributed by atoms with E-state index in [0.29, 0.717) is 17.3 Å². The maximum atomic E-state index is 11.8. The number of hydrogen-bond acceptors (Lipinski definition) is 15. The van der Waals surface area contributed by atoms with Crippen molar-refractivity contribution in [3.05, 3.63) is 117 Å². The molecule has 0 saturated carbocycles. The molecule has 0 radical (unpaired) electrons. The standard InChI is InChI=1S/C16H16ClN3O4S2.C16H17N3O5S2/c1-11(25-26-14-6-7-15(18-9-14)20(22)23)10-24-16(21)19-13-4-2-12(8-17)3-5-13;1-11(25-26-14-6-7-15(17-8-14)19(22)23)10-24-16(21)18-13-4-2-12(9-20)3-5-13/h2-7,9,11H,8,10H2,1H3,(H,19,21);2-8,11,20H,9-10H2,1H3,(H,18,21)/t2*11-/m11/s1. The molecule has 0 unspecified atom stereocenters. The number of nitrogens with zero attached hydrogens (tertiary/aromatic N) is 4. The Labute approximate surface area is 319 Å². The molecular weight excluding hydrogens is 776 g/mol. The zero-order valence-electron chi connectivity index (χ0n) is 27.6. The molecule has 2 amide bonds. The van der Waals surface area contributed by atoms with Gasteiger partial charge in [0.1, 0.15) is 13.2 Å². The van der Waals surface area contributed by atoms with Crippen molar-refractivity contribution in [2.75, 3.05) is 23.8 Å². The summed E-state index contributed by atoms with van der Waals surface area (Å²) in [5.74, 6) is 0.0346. The van der Waals surface area contributed by atoms with Crippen molar-refractivity contribution in [2.24, 2.45) is 0 Å². The zero-order valence-corrected chi connectivity index (χ0v) is 31.6. The zero-order chi connectivity index (χ0) is 37.9. The average Bonchev–Trinajstić information content (AvgIpc) is 3.15. The van der Waals surface area contributed by atoms with E-state index < -0.39 is 22.0 Å². The van der Waals surface area contributed by atoms with Crippen LogP contribution in [-0.2, 0) is 22.0 Å². The van der Waals surface area contributed by atoms with Crippen LogP contribution in [0.5, 0.6) is 0 Å². The van der Waals surface area contributed by atoms with Gasteiger partial charge in [-0.05, 0) is 81.2 Å². The first-order valence-electron chi connectivity index (χ1n) is 15.1. The van der Waals surface area contributed by atoms with Crippen molar-refractivity contribution in [1.29, 1.82) is 0 Å². The summed E-state index contributed by atoms with van der Waals surface area (Å²) in [4.78, 5) is 52.7. The van der Waals surface area contributed by atoms with Crippen LogP contribution < -0.4 is 10.6 Å². The minimum Gasteiger partial charge on any atom is -0.448 e. The van der Waals surface area contributed by atoms with Crippen molar-refractivity contribution in [1.82, 2.24) is 9.97 Å². The third-order valence-corrected chi connectivity index (χ3v) is 12.1. The van der Waals surface area contributed by atoms with Crippen LogP contribution in [0.25, 0.3) is 0 Å². The van der Waals surface area contributed by atoms with E-state index in [0.717, 1.165) is 20.9 Å². The number of halogens is 1. The number of carbonyl (C=O) groups is 2. The molecule has 52 heavy (non-hydrogen) atoms. The van der Waals surface area contributed by atoms with Gasteiger partial charge < -0.3 is 34.8 Å². The van der Waals surface area contributed by atoms with Gasteiger partial charge in [-0.3, -0.25) is 10.6 Å². The summed E-state index contributed by atoms with van der Waals surface area (Å²) >= 11 is 5.71. The van der Waals surface area contributed by atoms with E-state index in [1.54, 1.807) is 48.5 Å². The average molecular weight is 809 g/mol. The molecule has 0 fully saturated rings. The number of nitrogens with one attached hydrogen (secondary N) is 2. The molecule has 20 heteroatoms. The predicted molar refractivity (Wildman–Crippen MR) is 206 cm³/mol. The quantitative estimate of drug-likeness (QED) is 0.0417. The Morgan fingerprint density at radius 3 is 1.46 bits per heavy atom. The molecule has 0 saturated heterocycles. The number of ether oxygens (including phenoxy) is 2. The number of benzene rings is 2. The third kappa shape index (κ3) is 16.0. The molecular formula is C32H33ClN6O9S4. The molecule has 3 N–H and O–H groups in total. The number of alkyl halides is 1. The van der Waals surface area contributed by atoms with Crippen LogP contribution in [0.4, 0.5) is 32.6 Å². The lowest BCUT2D eigenvalue weighted by molar-refractivity contribution is -0.389. The predicted octanol–water partition coefficient (Wildman–Crippen LogP) is 8.97. The maximum absolute atomic E-state index is 11.8. The highest BCUT2D eigenvalue weighted by Gasteiger charge is 2.13.